The van der Waals surface area contributed by atoms with Crippen LogP contribution in [0, 0.1) is 11.3 Å². The third-order valence-corrected chi connectivity index (χ3v) is 4.50. The molecule has 1 atom stereocenters. The van der Waals surface area contributed by atoms with Gasteiger partial charge in [-0.2, -0.15) is 18.4 Å². The van der Waals surface area contributed by atoms with Crippen molar-refractivity contribution in [2.45, 2.75) is 12.2 Å². The number of alkyl halides is 3. The Balaban J connectivity index is 1.88. The third kappa shape index (κ3) is 5.64. The van der Waals surface area contributed by atoms with Gasteiger partial charge in [0, 0.05) is 18.2 Å². The largest absolute Gasteiger partial charge is 0.457 e. The molecule has 1 heterocycles. The number of carbonyl (C=O) groups is 2. The lowest BCUT2D eigenvalue weighted by Crippen LogP contribution is -2.30. The highest BCUT2D eigenvalue weighted by Crippen LogP contribution is 2.35. The maximum Gasteiger partial charge on any atom is 0.417 e. The van der Waals surface area contributed by atoms with Crippen molar-refractivity contribution in [3.63, 3.8) is 0 Å². The van der Waals surface area contributed by atoms with Crippen LogP contribution in [0.25, 0.3) is 11.4 Å². The van der Waals surface area contributed by atoms with Gasteiger partial charge in [0.15, 0.2) is 5.82 Å². The smallest absolute Gasteiger partial charge is 0.417 e. The van der Waals surface area contributed by atoms with Gasteiger partial charge in [0.25, 0.3) is 5.91 Å². The number of halogens is 3. The summed E-state index contributed by atoms with van der Waals surface area (Å²) in [6, 6.07) is 11.0. The average molecular weight is 470 g/mol. The number of nitriles is 1. The van der Waals surface area contributed by atoms with Crippen LogP contribution in [-0.2, 0) is 11.0 Å². The quantitative estimate of drug-likeness (QED) is 0.424. The molecule has 0 spiro atoms. The molecular weight excluding hydrogens is 453 g/mol. The molecule has 0 saturated heterocycles. The normalized spacial score (nSPS) is 11.9. The van der Waals surface area contributed by atoms with Crippen LogP contribution in [0.2, 0.25) is 0 Å². The van der Waals surface area contributed by atoms with Crippen molar-refractivity contribution in [3.05, 3.63) is 65.4 Å². The van der Waals surface area contributed by atoms with E-state index in [1.165, 1.54) is 42.5 Å². The summed E-state index contributed by atoms with van der Waals surface area (Å²) < 4.78 is 45.0. The SMILES string of the molecule is N#Cc1ccc(Oc2ccc(-c3nc(N[C@H](C=O)CN)cc(C(N)=O)n3)cc2)cc1C(F)(F)F. The molecule has 34 heavy (non-hydrogen) atoms. The second-order valence-corrected chi connectivity index (χ2v) is 6.89. The number of benzene rings is 2. The summed E-state index contributed by atoms with van der Waals surface area (Å²) in [6.45, 7) is -0.00776. The Morgan fingerprint density at radius 2 is 1.82 bits per heavy atom. The second kappa shape index (κ2) is 9.97. The van der Waals surface area contributed by atoms with Crippen molar-refractivity contribution in [2.75, 3.05) is 11.9 Å². The number of nitrogens with one attached hydrogen (secondary N) is 1. The number of rotatable bonds is 8. The van der Waals surface area contributed by atoms with Crippen molar-refractivity contribution >= 4 is 18.0 Å². The number of nitrogens with zero attached hydrogens (tertiary/aromatic N) is 3. The van der Waals surface area contributed by atoms with E-state index < -0.39 is 29.3 Å². The second-order valence-electron chi connectivity index (χ2n) is 6.89. The molecule has 0 saturated carbocycles. The highest BCUT2D eigenvalue weighted by molar-refractivity contribution is 5.92. The molecular formula is C22H17F3N6O3. The van der Waals surface area contributed by atoms with Crippen LogP contribution in [0.3, 0.4) is 0 Å². The van der Waals surface area contributed by atoms with Gasteiger partial charge in [-0.25, -0.2) is 9.97 Å². The minimum absolute atomic E-state index is 0.00776. The Morgan fingerprint density at radius 3 is 2.38 bits per heavy atom. The summed E-state index contributed by atoms with van der Waals surface area (Å²) in [5.41, 5.74) is 9.52. The third-order valence-electron chi connectivity index (χ3n) is 4.50. The van der Waals surface area contributed by atoms with E-state index in [0.29, 0.717) is 11.8 Å². The van der Waals surface area contributed by atoms with Crippen LogP contribution < -0.4 is 21.5 Å². The predicted molar refractivity (Wildman–Crippen MR) is 115 cm³/mol. The lowest BCUT2D eigenvalue weighted by molar-refractivity contribution is -0.137. The maximum absolute atomic E-state index is 13.2. The number of carbonyl (C=O) groups excluding carboxylic acids is 2. The summed E-state index contributed by atoms with van der Waals surface area (Å²) in [5, 5.41) is 11.7. The van der Waals surface area contributed by atoms with Crippen molar-refractivity contribution in [3.8, 4) is 29.0 Å². The molecule has 12 heteroatoms. The summed E-state index contributed by atoms with van der Waals surface area (Å²) in [5.74, 6) is -0.471. The van der Waals surface area contributed by atoms with Gasteiger partial charge in [0.2, 0.25) is 0 Å². The van der Waals surface area contributed by atoms with E-state index in [-0.39, 0.29) is 35.4 Å². The van der Waals surface area contributed by atoms with Gasteiger partial charge >= 0.3 is 6.18 Å². The Bertz CT molecular complexity index is 1260. The van der Waals surface area contributed by atoms with Gasteiger partial charge in [0.1, 0.15) is 29.3 Å². The fourth-order valence-electron chi connectivity index (χ4n) is 2.84. The highest BCUT2D eigenvalue weighted by Gasteiger charge is 2.34. The molecule has 0 aliphatic carbocycles. The van der Waals surface area contributed by atoms with Crippen LogP contribution in [0.1, 0.15) is 21.6 Å². The molecule has 9 nitrogen and oxygen atoms in total. The molecule has 2 aromatic carbocycles. The molecule has 3 aromatic rings. The molecule has 0 aliphatic heterocycles. The fourth-order valence-corrected chi connectivity index (χ4v) is 2.84. The first kappa shape index (κ1) is 24.1. The molecule has 3 rings (SSSR count). The summed E-state index contributed by atoms with van der Waals surface area (Å²) in [6.07, 6.45) is -4.12. The molecule has 1 aromatic heterocycles. The van der Waals surface area contributed by atoms with Crippen LogP contribution in [0.5, 0.6) is 11.5 Å². The Morgan fingerprint density at radius 1 is 1.15 bits per heavy atom. The van der Waals surface area contributed by atoms with Crippen molar-refractivity contribution < 1.29 is 27.5 Å². The zero-order valence-electron chi connectivity index (χ0n) is 17.3. The minimum Gasteiger partial charge on any atom is -0.457 e. The number of nitrogens with two attached hydrogens (primary N) is 2. The molecule has 5 N–H and O–H groups in total. The Labute approximate surface area is 191 Å². The molecule has 0 aliphatic rings. The summed E-state index contributed by atoms with van der Waals surface area (Å²) >= 11 is 0. The van der Waals surface area contributed by atoms with Gasteiger partial charge in [-0.1, -0.05) is 0 Å². The van der Waals surface area contributed by atoms with E-state index in [4.69, 9.17) is 21.5 Å². The fraction of sp³-hybridized carbons (Fsp3) is 0.136. The zero-order chi connectivity index (χ0) is 24.9. The van der Waals surface area contributed by atoms with Gasteiger partial charge in [0.05, 0.1) is 23.2 Å². The Kier molecular flexibility index (Phi) is 7.08. The Hall–Kier alpha value is -4.50. The molecule has 0 unspecified atom stereocenters. The van der Waals surface area contributed by atoms with Crippen molar-refractivity contribution in [1.29, 1.82) is 5.26 Å². The van der Waals surface area contributed by atoms with Crippen molar-refractivity contribution in [1.82, 2.24) is 9.97 Å². The number of ether oxygens (including phenoxy) is 1. The van der Waals surface area contributed by atoms with Crippen molar-refractivity contribution in [2.24, 2.45) is 11.5 Å². The minimum atomic E-state index is -4.71. The van der Waals surface area contributed by atoms with Gasteiger partial charge < -0.3 is 26.3 Å². The number of anilines is 1. The van der Waals surface area contributed by atoms with E-state index >= 15 is 0 Å². The van der Waals surface area contributed by atoms with Crippen LogP contribution in [0.4, 0.5) is 19.0 Å². The highest BCUT2D eigenvalue weighted by atomic mass is 19.4. The summed E-state index contributed by atoms with van der Waals surface area (Å²) in [7, 11) is 0. The van der Waals surface area contributed by atoms with Gasteiger partial charge in [-0.15, -0.1) is 0 Å². The number of primary amides is 1. The zero-order valence-corrected chi connectivity index (χ0v) is 17.3. The van der Waals surface area contributed by atoms with E-state index in [0.717, 1.165) is 12.1 Å². The van der Waals surface area contributed by atoms with E-state index in [2.05, 4.69) is 15.3 Å². The monoisotopic (exact) mass is 470 g/mol. The number of amides is 1. The van der Waals surface area contributed by atoms with Crippen LogP contribution >= 0.6 is 0 Å². The first-order valence-corrected chi connectivity index (χ1v) is 9.65. The van der Waals surface area contributed by atoms with Crippen LogP contribution in [0.15, 0.2) is 48.5 Å². The number of aldehydes is 1. The number of hydrogen-bond donors (Lipinski definition) is 3. The number of aromatic nitrogens is 2. The maximum atomic E-state index is 13.2. The molecule has 0 bridgehead atoms. The topological polar surface area (TPSA) is 157 Å². The van der Waals surface area contributed by atoms with E-state index in [1.54, 1.807) is 0 Å². The number of hydrogen-bond acceptors (Lipinski definition) is 8. The van der Waals surface area contributed by atoms with Gasteiger partial charge in [-0.05, 0) is 42.5 Å². The first-order valence-electron chi connectivity index (χ1n) is 9.65. The molecule has 0 radical (unpaired) electrons. The lowest BCUT2D eigenvalue weighted by Gasteiger charge is -2.13. The standard InChI is InChI=1S/C22H17F3N6O3/c23-22(24,25)17-7-16(6-3-13(17)9-26)34-15-4-1-12(2-5-15)21-30-18(20(28)33)8-19(31-21)29-14(10-27)11-32/h1-8,11,14H,10,27H2,(H2,28,33)(H,29,30,31)/t14-/m0/s1. The van der Waals surface area contributed by atoms with E-state index in [1.807, 2.05) is 0 Å². The van der Waals surface area contributed by atoms with Crippen LogP contribution in [-0.4, -0.2) is 34.7 Å². The predicted octanol–water partition coefficient (Wildman–Crippen LogP) is 2.86. The summed E-state index contributed by atoms with van der Waals surface area (Å²) in [4.78, 5) is 31.0. The molecule has 0 fully saturated rings. The van der Waals surface area contributed by atoms with E-state index in [9.17, 15) is 22.8 Å². The molecule has 1 amide bonds. The first-order chi connectivity index (χ1) is 16.1. The molecule has 174 valence electrons. The van der Waals surface area contributed by atoms with Gasteiger partial charge in [-0.3, -0.25) is 4.79 Å². The average Bonchev–Trinajstić information content (AvgIpc) is 2.82. The lowest BCUT2D eigenvalue weighted by atomic mass is 10.1.